The lowest BCUT2D eigenvalue weighted by molar-refractivity contribution is -0.0455. The molecule has 0 spiro atoms. The van der Waals surface area contributed by atoms with Crippen molar-refractivity contribution in [1.82, 2.24) is 0 Å². The lowest BCUT2D eigenvalue weighted by atomic mass is 9.73. The summed E-state index contributed by atoms with van der Waals surface area (Å²) >= 11 is 3.42. The first-order valence-corrected chi connectivity index (χ1v) is 5.59. The summed E-state index contributed by atoms with van der Waals surface area (Å²) < 4.78 is 1.06. The van der Waals surface area contributed by atoms with Crippen LogP contribution in [0.3, 0.4) is 0 Å². The van der Waals surface area contributed by atoms with Crippen molar-refractivity contribution in [3.8, 4) is 0 Å². The molecule has 0 radical (unpaired) electrons. The number of halogens is 1. The Balaban J connectivity index is 2.04. The molecule has 1 aromatic carbocycles. The maximum atomic E-state index is 10.0. The van der Waals surface area contributed by atoms with E-state index in [1.54, 1.807) is 0 Å². The van der Waals surface area contributed by atoms with Crippen molar-refractivity contribution in [1.29, 1.82) is 0 Å². The van der Waals surface area contributed by atoms with Crippen molar-refractivity contribution < 1.29 is 5.11 Å². The molecule has 1 saturated carbocycles. The summed E-state index contributed by atoms with van der Waals surface area (Å²) in [6.07, 6.45) is 2.15. The van der Waals surface area contributed by atoms with Gasteiger partial charge in [0.2, 0.25) is 0 Å². The highest BCUT2D eigenvalue weighted by Crippen LogP contribution is 2.34. The fourth-order valence-electron chi connectivity index (χ4n) is 2.09. The van der Waals surface area contributed by atoms with Crippen LogP contribution in [0, 0.1) is 0 Å². The lowest BCUT2D eigenvalue weighted by Gasteiger charge is -2.42. The van der Waals surface area contributed by atoms with Crippen LogP contribution >= 0.6 is 15.9 Å². The van der Waals surface area contributed by atoms with Crippen molar-refractivity contribution >= 4 is 15.9 Å². The molecule has 3 heteroatoms. The summed E-state index contributed by atoms with van der Waals surface area (Å²) in [5.74, 6) is 0. The quantitative estimate of drug-likeness (QED) is 0.848. The fraction of sp³-hybridized carbons (Fsp3) is 0.455. The number of hydrogen-bond donors (Lipinski definition) is 2. The highest BCUT2D eigenvalue weighted by atomic mass is 79.9. The van der Waals surface area contributed by atoms with Gasteiger partial charge in [-0.05, 0) is 30.5 Å². The predicted molar refractivity (Wildman–Crippen MR) is 60.0 cm³/mol. The highest BCUT2D eigenvalue weighted by Gasteiger charge is 2.40. The lowest BCUT2D eigenvalue weighted by Crippen LogP contribution is -2.52. The fourth-order valence-corrected chi connectivity index (χ4v) is 2.53. The molecule has 0 bridgehead atoms. The van der Waals surface area contributed by atoms with Crippen LogP contribution in [-0.4, -0.2) is 16.7 Å². The molecule has 0 amide bonds. The Hall–Kier alpha value is -0.380. The first kappa shape index (κ1) is 10.1. The van der Waals surface area contributed by atoms with Crippen LogP contribution in [0.5, 0.6) is 0 Å². The molecule has 0 saturated heterocycles. The van der Waals surface area contributed by atoms with Gasteiger partial charge in [0.05, 0.1) is 5.60 Å². The number of benzene rings is 1. The molecule has 0 heterocycles. The van der Waals surface area contributed by atoms with Gasteiger partial charge in [-0.3, -0.25) is 0 Å². The van der Waals surface area contributed by atoms with Gasteiger partial charge >= 0.3 is 0 Å². The molecule has 1 aromatic rings. The van der Waals surface area contributed by atoms with Crippen LogP contribution in [0.1, 0.15) is 18.4 Å². The van der Waals surface area contributed by atoms with E-state index in [1.165, 1.54) is 0 Å². The van der Waals surface area contributed by atoms with Gasteiger partial charge in [0, 0.05) is 16.9 Å². The normalized spacial score (nSPS) is 31.2. The van der Waals surface area contributed by atoms with Gasteiger partial charge in [-0.15, -0.1) is 0 Å². The Kier molecular flexibility index (Phi) is 2.64. The standard InChI is InChI=1S/C11H14BrNO/c12-9-3-1-2-8(4-9)5-11(14)6-10(13)7-11/h1-4,10,14H,5-7,13H2. The Morgan fingerprint density at radius 2 is 2.21 bits per heavy atom. The molecule has 1 aliphatic rings. The molecule has 2 nitrogen and oxygen atoms in total. The molecule has 0 aliphatic heterocycles. The van der Waals surface area contributed by atoms with Gasteiger partial charge in [-0.2, -0.15) is 0 Å². The van der Waals surface area contributed by atoms with Gasteiger partial charge in [-0.25, -0.2) is 0 Å². The zero-order valence-electron chi connectivity index (χ0n) is 7.91. The molecule has 0 unspecified atom stereocenters. The Morgan fingerprint density at radius 3 is 2.79 bits per heavy atom. The second kappa shape index (κ2) is 3.65. The highest BCUT2D eigenvalue weighted by molar-refractivity contribution is 9.10. The van der Waals surface area contributed by atoms with E-state index in [-0.39, 0.29) is 6.04 Å². The van der Waals surface area contributed by atoms with Gasteiger partial charge in [-0.1, -0.05) is 28.1 Å². The van der Waals surface area contributed by atoms with Crippen molar-refractivity contribution in [2.75, 3.05) is 0 Å². The molecule has 1 aliphatic carbocycles. The predicted octanol–water partition coefficient (Wildman–Crippen LogP) is 1.84. The minimum absolute atomic E-state index is 0.187. The monoisotopic (exact) mass is 255 g/mol. The van der Waals surface area contributed by atoms with Crippen molar-refractivity contribution in [3.63, 3.8) is 0 Å². The molecule has 14 heavy (non-hydrogen) atoms. The van der Waals surface area contributed by atoms with E-state index in [0.717, 1.165) is 22.9 Å². The zero-order chi connectivity index (χ0) is 10.2. The Labute approximate surface area is 92.3 Å². The summed E-state index contributed by atoms with van der Waals surface area (Å²) in [5.41, 5.74) is 6.27. The Bertz CT molecular complexity index is 334. The first-order chi connectivity index (χ1) is 6.57. The molecular formula is C11H14BrNO. The van der Waals surface area contributed by atoms with E-state index < -0.39 is 5.60 Å². The first-order valence-electron chi connectivity index (χ1n) is 4.80. The van der Waals surface area contributed by atoms with E-state index in [1.807, 2.05) is 24.3 Å². The molecule has 0 aromatic heterocycles. The van der Waals surface area contributed by atoms with Crippen molar-refractivity contribution in [2.45, 2.75) is 30.9 Å². The van der Waals surface area contributed by atoms with Crippen LogP contribution in [-0.2, 0) is 6.42 Å². The maximum Gasteiger partial charge on any atom is 0.0717 e. The minimum atomic E-state index is -0.555. The number of aliphatic hydroxyl groups is 1. The summed E-state index contributed by atoms with van der Waals surface area (Å²) in [5, 5.41) is 10.0. The van der Waals surface area contributed by atoms with Crippen molar-refractivity contribution in [2.24, 2.45) is 5.73 Å². The molecule has 3 N–H and O–H groups in total. The molecular weight excluding hydrogens is 242 g/mol. The van der Waals surface area contributed by atoms with Crippen LogP contribution in [0.25, 0.3) is 0 Å². The molecule has 2 rings (SSSR count). The van der Waals surface area contributed by atoms with E-state index >= 15 is 0 Å². The Morgan fingerprint density at radius 1 is 1.50 bits per heavy atom. The van der Waals surface area contributed by atoms with Crippen LogP contribution < -0.4 is 5.73 Å². The molecule has 1 fully saturated rings. The van der Waals surface area contributed by atoms with Crippen LogP contribution in [0.4, 0.5) is 0 Å². The van der Waals surface area contributed by atoms with E-state index in [2.05, 4.69) is 15.9 Å². The number of hydrogen-bond acceptors (Lipinski definition) is 2. The third kappa shape index (κ3) is 2.16. The third-order valence-corrected chi connectivity index (χ3v) is 3.20. The van der Waals surface area contributed by atoms with Crippen LogP contribution in [0.2, 0.25) is 0 Å². The minimum Gasteiger partial charge on any atom is -0.389 e. The zero-order valence-corrected chi connectivity index (χ0v) is 9.50. The van der Waals surface area contributed by atoms with Crippen molar-refractivity contribution in [3.05, 3.63) is 34.3 Å². The second-order valence-corrected chi connectivity index (χ2v) is 5.12. The van der Waals surface area contributed by atoms with E-state index in [0.29, 0.717) is 6.42 Å². The van der Waals surface area contributed by atoms with Gasteiger partial charge in [0.15, 0.2) is 0 Å². The topological polar surface area (TPSA) is 46.2 Å². The van der Waals surface area contributed by atoms with Crippen LogP contribution in [0.15, 0.2) is 28.7 Å². The number of nitrogens with two attached hydrogens (primary N) is 1. The van der Waals surface area contributed by atoms with Gasteiger partial charge in [0.1, 0.15) is 0 Å². The summed E-state index contributed by atoms with van der Waals surface area (Å²) in [6, 6.07) is 8.24. The average molecular weight is 256 g/mol. The number of rotatable bonds is 2. The van der Waals surface area contributed by atoms with Gasteiger partial charge < -0.3 is 10.8 Å². The third-order valence-electron chi connectivity index (χ3n) is 2.71. The smallest absolute Gasteiger partial charge is 0.0717 e. The second-order valence-electron chi connectivity index (χ2n) is 4.20. The summed E-state index contributed by atoms with van der Waals surface area (Å²) in [6.45, 7) is 0. The summed E-state index contributed by atoms with van der Waals surface area (Å²) in [4.78, 5) is 0. The average Bonchev–Trinajstić information content (AvgIpc) is 2.00. The van der Waals surface area contributed by atoms with E-state index in [9.17, 15) is 5.11 Å². The summed E-state index contributed by atoms with van der Waals surface area (Å²) in [7, 11) is 0. The molecule has 76 valence electrons. The molecule has 0 atom stereocenters. The van der Waals surface area contributed by atoms with E-state index in [4.69, 9.17) is 5.73 Å². The SMILES string of the molecule is NC1CC(O)(Cc2cccc(Br)c2)C1. The maximum absolute atomic E-state index is 10.0. The largest absolute Gasteiger partial charge is 0.389 e. The van der Waals surface area contributed by atoms with Gasteiger partial charge in [0.25, 0.3) is 0 Å².